The topological polar surface area (TPSA) is 84.5 Å². The third-order valence-corrected chi connectivity index (χ3v) is 5.08. The van der Waals surface area contributed by atoms with E-state index in [1.807, 2.05) is 30.3 Å². The second kappa shape index (κ2) is 6.91. The van der Waals surface area contributed by atoms with Gasteiger partial charge in [-0.2, -0.15) is 0 Å². The van der Waals surface area contributed by atoms with Gasteiger partial charge in [0.15, 0.2) is 9.84 Å². The van der Waals surface area contributed by atoms with Crippen LogP contribution in [0, 0.1) is 0 Å². The number of benzene rings is 1. The number of hydrogen-bond acceptors (Lipinski definition) is 5. The van der Waals surface area contributed by atoms with Gasteiger partial charge in [-0.25, -0.2) is 13.2 Å². The average molecular weight is 312 g/mol. The molecule has 0 radical (unpaired) electrons. The van der Waals surface area contributed by atoms with Gasteiger partial charge < -0.3 is 15.4 Å². The van der Waals surface area contributed by atoms with Gasteiger partial charge in [-0.15, -0.1) is 0 Å². The highest BCUT2D eigenvalue weighted by atomic mass is 32.2. The summed E-state index contributed by atoms with van der Waals surface area (Å²) >= 11 is 0. The molecule has 6 nitrogen and oxygen atoms in total. The van der Waals surface area contributed by atoms with Crippen LogP contribution in [0.4, 0.5) is 4.79 Å². The Morgan fingerprint density at radius 1 is 1.24 bits per heavy atom. The molecule has 2 rings (SSSR count). The van der Waals surface area contributed by atoms with Crippen LogP contribution >= 0.6 is 0 Å². The molecule has 7 heteroatoms. The van der Waals surface area contributed by atoms with Crippen LogP contribution in [-0.4, -0.2) is 44.7 Å². The molecule has 1 heterocycles. The van der Waals surface area contributed by atoms with Crippen molar-refractivity contribution in [2.24, 2.45) is 0 Å². The van der Waals surface area contributed by atoms with Crippen LogP contribution in [0.25, 0.3) is 0 Å². The van der Waals surface area contributed by atoms with Crippen molar-refractivity contribution >= 4 is 15.9 Å². The number of sulfone groups is 1. The van der Waals surface area contributed by atoms with E-state index in [0.29, 0.717) is 6.54 Å². The Morgan fingerprint density at radius 2 is 1.90 bits per heavy atom. The van der Waals surface area contributed by atoms with Crippen molar-refractivity contribution in [1.82, 2.24) is 10.6 Å². The van der Waals surface area contributed by atoms with Gasteiger partial charge >= 0.3 is 6.09 Å². The summed E-state index contributed by atoms with van der Waals surface area (Å²) in [5.74, 6) is -0.0326. The summed E-state index contributed by atoms with van der Waals surface area (Å²) in [4.78, 5) is 11.5. The van der Waals surface area contributed by atoms with E-state index in [9.17, 15) is 13.2 Å². The van der Waals surface area contributed by atoms with E-state index in [0.717, 1.165) is 5.56 Å². The first kappa shape index (κ1) is 15.8. The van der Waals surface area contributed by atoms with Crippen LogP contribution in [0.1, 0.15) is 12.5 Å². The Labute approximate surface area is 124 Å². The molecule has 0 bridgehead atoms. The molecule has 2 unspecified atom stereocenters. The Bertz CT molecular complexity index is 574. The van der Waals surface area contributed by atoms with Crippen molar-refractivity contribution < 1.29 is 17.9 Å². The zero-order chi connectivity index (χ0) is 15.3. The predicted octanol–water partition coefficient (Wildman–Crippen LogP) is 0.688. The van der Waals surface area contributed by atoms with Gasteiger partial charge in [-0.3, -0.25) is 0 Å². The summed E-state index contributed by atoms with van der Waals surface area (Å²) in [7, 11) is -3.14. The number of nitrogens with one attached hydrogen (secondary N) is 2. The largest absolute Gasteiger partial charge is 0.450 e. The molecule has 0 spiro atoms. The first-order chi connectivity index (χ1) is 10.00. The highest BCUT2D eigenvalue weighted by Gasteiger charge is 2.38. The number of amides is 1. The fraction of sp³-hybridized carbons (Fsp3) is 0.500. The van der Waals surface area contributed by atoms with Gasteiger partial charge in [-0.1, -0.05) is 30.3 Å². The van der Waals surface area contributed by atoms with E-state index in [2.05, 4.69) is 10.6 Å². The molecule has 0 aliphatic carbocycles. The van der Waals surface area contributed by atoms with Crippen LogP contribution < -0.4 is 10.6 Å². The van der Waals surface area contributed by atoms with Gasteiger partial charge in [0, 0.05) is 12.6 Å². The average Bonchev–Trinajstić information content (AvgIpc) is 2.72. The van der Waals surface area contributed by atoms with E-state index in [1.54, 1.807) is 6.92 Å². The summed E-state index contributed by atoms with van der Waals surface area (Å²) in [6.45, 7) is 2.52. The number of alkyl carbamates (subject to hydrolysis) is 1. The zero-order valence-corrected chi connectivity index (χ0v) is 12.7. The van der Waals surface area contributed by atoms with E-state index in [1.165, 1.54) is 0 Å². The maximum atomic E-state index is 11.8. The highest BCUT2D eigenvalue weighted by Crippen LogP contribution is 2.14. The van der Waals surface area contributed by atoms with Crippen LogP contribution in [0.5, 0.6) is 0 Å². The fourth-order valence-electron chi connectivity index (χ4n) is 2.36. The molecule has 1 aliphatic heterocycles. The third kappa shape index (κ3) is 4.71. The second-order valence-electron chi connectivity index (χ2n) is 5.02. The standard InChI is InChI=1S/C14H20N2O4S/c1-2-20-14(17)16-13-10-21(18,19)9-12(13)15-8-11-6-4-3-5-7-11/h3-7,12-13,15H,2,8-10H2,1H3,(H,16,17). The maximum Gasteiger partial charge on any atom is 0.407 e. The molecule has 2 N–H and O–H groups in total. The van der Waals surface area contributed by atoms with Crippen molar-refractivity contribution in [2.45, 2.75) is 25.6 Å². The number of carbonyl (C=O) groups is 1. The van der Waals surface area contributed by atoms with Crippen LogP contribution in [0.3, 0.4) is 0 Å². The summed E-state index contributed by atoms with van der Waals surface area (Å²) in [5, 5.41) is 5.82. The summed E-state index contributed by atoms with van der Waals surface area (Å²) in [6, 6.07) is 8.94. The Hall–Kier alpha value is -1.60. The smallest absolute Gasteiger partial charge is 0.407 e. The molecular weight excluding hydrogens is 292 g/mol. The summed E-state index contributed by atoms with van der Waals surface area (Å²) in [6.07, 6.45) is -0.578. The zero-order valence-electron chi connectivity index (χ0n) is 11.9. The SMILES string of the molecule is CCOC(=O)NC1CS(=O)(=O)CC1NCc1ccccc1. The minimum atomic E-state index is -3.14. The minimum Gasteiger partial charge on any atom is -0.450 e. The van der Waals surface area contributed by atoms with Crippen molar-refractivity contribution in [3.8, 4) is 0 Å². The lowest BCUT2D eigenvalue weighted by atomic mass is 10.1. The Kier molecular flexibility index (Phi) is 5.19. The molecule has 1 aliphatic rings. The maximum absolute atomic E-state index is 11.8. The molecule has 1 amide bonds. The molecule has 1 aromatic carbocycles. The molecule has 0 saturated carbocycles. The normalized spacial score (nSPS) is 23.7. The van der Waals surface area contributed by atoms with Gasteiger partial charge in [-0.05, 0) is 12.5 Å². The van der Waals surface area contributed by atoms with Crippen LogP contribution in [0.2, 0.25) is 0 Å². The van der Waals surface area contributed by atoms with Gasteiger partial charge in [0.25, 0.3) is 0 Å². The predicted molar refractivity (Wildman–Crippen MR) is 79.7 cm³/mol. The first-order valence-electron chi connectivity index (χ1n) is 6.91. The van der Waals surface area contributed by atoms with Crippen LogP contribution in [-0.2, 0) is 21.1 Å². The molecule has 1 fully saturated rings. The molecule has 1 aromatic rings. The molecule has 116 valence electrons. The Balaban J connectivity index is 1.96. The molecule has 1 saturated heterocycles. The molecule has 21 heavy (non-hydrogen) atoms. The second-order valence-corrected chi connectivity index (χ2v) is 7.18. The van der Waals surface area contributed by atoms with Gasteiger partial charge in [0.05, 0.1) is 24.2 Å². The van der Waals surface area contributed by atoms with Crippen molar-refractivity contribution in [1.29, 1.82) is 0 Å². The van der Waals surface area contributed by atoms with E-state index < -0.39 is 22.0 Å². The first-order valence-corrected chi connectivity index (χ1v) is 8.73. The third-order valence-electron chi connectivity index (χ3n) is 3.34. The lowest BCUT2D eigenvalue weighted by molar-refractivity contribution is 0.147. The number of rotatable bonds is 5. The highest BCUT2D eigenvalue weighted by molar-refractivity contribution is 7.91. The lowest BCUT2D eigenvalue weighted by Gasteiger charge is -2.20. The number of carbonyl (C=O) groups excluding carboxylic acids is 1. The molecular formula is C14H20N2O4S. The monoisotopic (exact) mass is 312 g/mol. The quantitative estimate of drug-likeness (QED) is 0.835. The molecule has 0 aromatic heterocycles. The van der Waals surface area contributed by atoms with E-state index in [4.69, 9.17) is 4.74 Å². The number of ether oxygens (including phenoxy) is 1. The lowest BCUT2D eigenvalue weighted by Crippen LogP contribution is -2.49. The Morgan fingerprint density at radius 3 is 2.57 bits per heavy atom. The van der Waals surface area contributed by atoms with Gasteiger partial charge in [0.2, 0.25) is 0 Å². The fourth-order valence-corrected chi connectivity index (χ4v) is 4.26. The minimum absolute atomic E-state index is 0.0247. The summed E-state index contributed by atoms with van der Waals surface area (Å²) in [5.41, 5.74) is 1.07. The van der Waals surface area contributed by atoms with Crippen molar-refractivity contribution in [2.75, 3.05) is 18.1 Å². The van der Waals surface area contributed by atoms with Crippen LogP contribution in [0.15, 0.2) is 30.3 Å². The number of hydrogen-bond donors (Lipinski definition) is 2. The van der Waals surface area contributed by atoms with E-state index >= 15 is 0 Å². The van der Waals surface area contributed by atoms with Crippen molar-refractivity contribution in [3.05, 3.63) is 35.9 Å². The van der Waals surface area contributed by atoms with E-state index in [-0.39, 0.29) is 24.2 Å². The molecule has 2 atom stereocenters. The van der Waals surface area contributed by atoms with Gasteiger partial charge in [0.1, 0.15) is 0 Å². The summed E-state index contributed by atoms with van der Waals surface area (Å²) < 4.78 is 28.4. The van der Waals surface area contributed by atoms with Crippen molar-refractivity contribution in [3.63, 3.8) is 0 Å².